The number of hydrogen-bond acceptors (Lipinski definition) is 4. The lowest BCUT2D eigenvalue weighted by molar-refractivity contribution is 0.573. The maximum absolute atomic E-state index is 5.42. The van der Waals surface area contributed by atoms with E-state index in [0.29, 0.717) is 0 Å². The number of pyridine rings is 2. The van der Waals surface area contributed by atoms with Gasteiger partial charge in [-0.15, -0.1) is 0 Å². The Labute approximate surface area is 312 Å². The second-order valence-electron chi connectivity index (χ2n) is 17.1. The number of nitrogens with zero attached hydrogens (tertiary/aromatic N) is 5. The zero-order valence-corrected chi connectivity index (χ0v) is 31.9. The number of anilines is 3. The van der Waals surface area contributed by atoms with E-state index < -0.39 is 0 Å². The monoisotopic (exact) mass is 691 g/mol. The molecule has 0 aliphatic carbocycles. The van der Waals surface area contributed by atoms with Crippen LogP contribution in [0.1, 0.15) is 77.6 Å². The van der Waals surface area contributed by atoms with E-state index in [1.165, 1.54) is 33.6 Å². The third-order valence-electron chi connectivity index (χ3n) is 11.2. The van der Waals surface area contributed by atoms with E-state index in [9.17, 15) is 0 Å². The van der Waals surface area contributed by atoms with Crippen molar-refractivity contribution < 1.29 is 0 Å². The van der Waals surface area contributed by atoms with Gasteiger partial charge >= 0.3 is 0 Å². The lowest BCUT2D eigenvalue weighted by Crippen LogP contribution is -2.32. The molecule has 0 saturated heterocycles. The van der Waals surface area contributed by atoms with Gasteiger partial charge in [0.25, 0.3) is 0 Å². The van der Waals surface area contributed by atoms with Gasteiger partial charge in [0.15, 0.2) is 0 Å². The van der Waals surface area contributed by atoms with Gasteiger partial charge in [-0.1, -0.05) is 97.9 Å². The Morgan fingerprint density at radius 3 is 1.64 bits per heavy atom. The molecule has 3 aromatic heterocycles. The molecular weight excluding hydrogens is 647 g/mol. The van der Waals surface area contributed by atoms with Crippen molar-refractivity contribution in [2.24, 2.45) is 0 Å². The summed E-state index contributed by atoms with van der Waals surface area (Å²) in [5, 5.41) is 2.02. The zero-order valence-electron chi connectivity index (χ0n) is 31.9. The van der Waals surface area contributed by atoms with Crippen LogP contribution in [-0.2, 0) is 16.2 Å². The quantitative estimate of drug-likeness (QED) is 0.173. The fourth-order valence-electron chi connectivity index (χ4n) is 8.16. The van der Waals surface area contributed by atoms with E-state index in [1.54, 1.807) is 0 Å². The van der Waals surface area contributed by atoms with Crippen molar-refractivity contribution in [3.63, 3.8) is 0 Å². The number of fused-ring (bicyclic) bond motifs is 8. The first-order valence-corrected chi connectivity index (χ1v) is 18.6. The molecule has 0 bridgehead atoms. The van der Waals surface area contributed by atoms with Gasteiger partial charge in [-0.2, -0.15) is 0 Å². The zero-order chi connectivity index (χ0) is 36.9. The van der Waals surface area contributed by atoms with Crippen LogP contribution in [0.4, 0.5) is 17.1 Å². The van der Waals surface area contributed by atoms with Gasteiger partial charge in [0, 0.05) is 45.5 Å². The summed E-state index contributed by atoms with van der Waals surface area (Å²) in [6.45, 7) is 18.6. The van der Waals surface area contributed by atoms with Crippen molar-refractivity contribution in [3.8, 4) is 17.1 Å². The molecule has 0 fully saturated rings. The molecule has 5 aromatic carbocycles. The summed E-state index contributed by atoms with van der Waals surface area (Å²) >= 11 is 0. The number of benzene rings is 5. The Morgan fingerprint density at radius 1 is 0.528 bits per heavy atom. The van der Waals surface area contributed by atoms with Gasteiger partial charge in [-0.3, -0.25) is 14.5 Å². The number of rotatable bonds is 3. The predicted octanol–water partition coefficient (Wildman–Crippen LogP) is 12.5. The Kier molecular flexibility index (Phi) is 7.23. The smallest absolute Gasteiger partial charge is 0.145 e. The number of para-hydroxylation sites is 1. The summed E-state index contributed by atoms with van der Waals surface area (Å²) in [5.41, 5.74) is 14.6. The minimum Gasteiger partial charge on any atom is -0.310 e. The Hall–Kier alpha value is -5.81. The third kappa shape index (κ3) is 5.16. The maximum Gasteiger partial charge on any atom is 0.145 e. The number of imidazole rings is 1. The molecule has 5 heteroatoms. The van der Waals surface area contributed by atoms with Crippen LogP contribution < -0.4 is 4.90 Å². The molecule has 53 heavy (non-hydrogen) atoms. The first-order chi connectivity index (χ1) is 25.3. The van der Waals surface area contributed by atoms with Crippen LogP contribution >= 0.6 is 0 Å². The fourth-order valence-corrected chi connectivity index (χ4v) is 8.16. The molecule has 9 rings (SSSR count). The van der Waals surface area contributed by atoms with Crippen molar-refractivity contribution in [2.45, 2.75) is 71.6 Å². The molecule has 262 valence electrons. The predicted molar refractivity (Wildman–Crippen MR) is 221 cm³/mol. The molecule has 8 aromatic rings. The second-order valence-corrected chi connectivity index (χ2v) is 17.1. The summed E-state index contributed by atoms with van der Waals surface area (Å²) in [6, 6.07) is 41.9. The third-order valence-corrected chi connectivity index (χ3v) is 11.2. The largest absolute Gasteiger partial charge is 0.310 e. The van der Waals surface area contributed by atoms with Crippen molar-refractivity contribution in [1.29, 1.82) is 0 Å². The molecule has 0 amide bonds. The molecule has 0 saturated carbocycles. The maximum atomic E-state index is 5.42. The van der Waals surface area contributed by atoms with Crippen molar-refractivity contribution in [2.75, 3.05) is 4.90 Å². The molecule has 1 aliphatic rings. The standard InChI is InChI=1S/C48H45N5/c1-46(2,3)31-20-24-39-37(28-31)48(7,8)38-29-32(47(4,5)6)21-25-40(38)52(39)34-22-18-30(19-23-34)45-51-43-35-16-12-26-49-41(35)42-36(17-13-27-50-42)44(43)53(45)33-14-10-9-11-15-33/h9-29H,1-8H3. The van der Waals surface area contributed by atoms with Crippen LogP contribution in [0.3, 0.4) is 0 Å². The molecule has 1 aliphatic heterocycles. The van der Waals surface area contributed by atoms with Crippen molar-refractivity contribution in [3.05, 3.63) is 150 Å². The minimum atomic E-state index is -0.181. The van der Waals surface area contributed by atoms with Gasteiger partial charge in [-0.05, 0) is 106 Å². The minimum absolute atomic E-state index is 0.0398. The lowest BCUT2D eigenvalue weighted by atomic mass is 9.70. The van der Waals surface area contributed by atoms with E-state index in [-0.39, 0.29) is 16.2 Å². The average molecular weight is 692 g/mol. The van der Waals surface area contributed by atoms with Gasteiger partial charge in [0.2, 0.25) is 0 Å². The number of hydrogen-bond donors (Lipinski definition) is 0. The fraction of sp³-hybridized carbons (Fsp3) is 0.229. The molecule has 4 heterocycles. The molecule has 0 spiro atoms. The summed E-state index contributed by atoms with van der Waals surface area (Å²) in [6.07, 6.45) is 3.68. The molecule has 0 N–H and O–H groups in total. The van der Waals surface area contributed by atoms with Gasteiger partial charge in [-0.25, -0.2) is 4.98 Å². The van der Waals surface area contributed by atoms with Crippen LogP contribution in [0.2, 0.25) is 0 Å². The normalized spacial score (nSPS) is 14.2. The van der Waals surface area contributed by atoms with Crippen LogP contribution in [0.25, 0.3) is 49.9 Å². The summed E-state index contributed by atoms with van der Waals surface area (Å²) < 4.78 is 2.29. The molecule has 0 unspecified atom stereocenters. The van der Waals surface area contributed by atoms with Crippen LogP contribution in [0.5, 0.6) is 0 Å². The highest BCUT2D eigenvalue weighted by Crippen LogP contribution is 2.53. The number of aromatic nitrogens is 4. The first-order valence-electron chi connectivity index (χ1n) is 18.6. The summed E-state index contributed by atoms with van der Waals surface area (Å²) in [7, 11) is 0. The molecule has 0 atom stereocenters. The van der Waals surface area contributed by atoms with Crippen LogP contribution in [0, 0.1) is 0 Å². The lowest BCUT2D eigenvalue weighted by Gasteiger charge is -2.43. The van der Waals surface area contributed by atoms with Gasteiger partial charge < -0.3 is 4.90 Å². The van der Waals surface area contributed by atoms with Crippen LogP contribution in [0.15, 0.2) is 128 Å². The van der Waals surface area contributed by atoms with E-state index in [0.717, 1.165) is 55.6 Å². The van der Waals surface area contributed by atoms with E-state index in [4.69, 9.17) is 15.0 Å². The molecular formula is C48H45N5. The topological polar surface area (TPSA) is 46.8 Å². The summed E-state index contributed by atoms with van der Waals surface area (Å²) in [5.74, 6) is 0.879. The first kappa shape index (κ1) is 33.1. The Morgan fingerprint density at radius 2 is 1.08 bits per heavy atom. The second kappa shape index (κ2) is 11.6. The molecule has 0 radical (unpaired) electrons. The Balaban J connectivity index is 1.26. The van der Waals surface area contributed by atoms with Crippen molar-refractivity contribution in [1.82, 2.24) is 19.5 Å². The van der Waals surface area contributed by atoms with Crippen LogP contribution in [-0.4, -0.2) is 19.5 Å². The SMILES string of the molecule is CC(C)(C)c1ccc2c(c1)C(C)(C)c1cc(C(C)(C)C)ccc1N2c1ccc(-c2nc3c4cccnc4c4ncccc4c3n2-c2ccccc2)cc1. The van der Waals surface area contributed by atoms with Crippen molar-refractivity contribution >= 4 is 49.9 Å². The van der Waals surface area contributed by atoms with E-state index in [2.05, 4.69) is 168 Å². The van der Waals surface area contributed by atoms with Gasteiger partial charge in [0.1, 0.15) is 5.82 Å². The highest BCUT2D eigenvalue weighted by atomic mass is 15.2. The Bertz CT molecular complexity index is 2640. The molecule has 5 nitrogen and oxygen atoms in total. The van der Waals surface area contributed by atoms with E-state index in [1.807, 2.05) is 24.5 Å². The average Bonchev–Trinajstić information content (AvgIpc) is 3.56. The van der Waals surface area contributed by atoms with Gasteiger partial charge in [0.05, 0.1) is 33.4 Å². The highest BCUT2D eigenvalue weighted by molar-refractivity contribution is 6.21. The summed E-state index contributed by atoms with van der Waals surface area (Å²) in [4.78, 5) is 17.5. The highest BCUT2D eigenvalue weighted by Gasteiger charge is 2.38. The van der Waals surface area contributed by atoms with E-state index >= 15 is 0 Å².